The topological polar surface area (TPSA) is 104 Å². The van der Waals surface area contributed by atoms with Gasteiger partial charge in [0.05, 0.1) is 15.9 Å². The average molecular weight is 358 g/mol. The monoisotopic (exact) mass is 357 g/mol. The highest BCUT2D eigenvalue weighted by Gasteiger charge is 2.29. The molecule has 0 spiro atoms. The average Bonchev–Trinajstić information content (AvgIpc) is 2.60. The van der Waals surface area contributed by atoms with Crippen LogP contribution in [0.15, 0.2) is 14.7 Å². The van der Waals surface area contributed by atoms with Gasteiger partial charge >= 0.3 is 5.97 Å². The molecule has 0 aliphatic carbocycles. The number of aliphatic hydroxyl groups excluding tert-OH is 1. The number of rotatable bonds is 5. The van der Waals surface area contributed by atoms with Gasteiger partial charge in [-0.3, -0.25) is 0 Å². The summed E-state index contributed by atoms with van der Waals surface area (Å²) < 4.78 is 26.6. The fourth-order valence-corrected chi connectivity index (χ4v) is 4.90. The Labute approximate surface area is 117 Å². The third-order valence-electron chi connectivity index (χ3n) is 1.96. The molecule has 0 aromatic carbocycles. The van der Waals surface area contributed by atoms with Crippen LogP contribution in [-0.4, -0.2) is 36.7 Å². The fourth-order valence-electron chi connectivity index (χ4n) is 1.09. The number of aliphatic hydroxyl groups is 1. The number of aromatic carboxylic acids is 1. The predicted octanol–water partition coefficient (Wildman–Crippen LogP) is 1.26. The molecule has 6 nitrogen and oxygen atoms in total. The molecule has 18 heavy (non-hydrogen) atoms. The van der Waals surface area contributed by atoms with Crippen LogP contribution in [0.1, 0.15) is 23.5 Å². The van der Waals surface area contributed by atoms with Crippen molar-refractivity contribution in [2.75, 3.05) is 6.61 Å². The molecule has 3 N–H and O–H groups in total. The molecule has 9 heteroatoms. The van der Waals surface area contributed by atoms with E-state index in [1.807, 2.05) is 0 Å². The normalized spacial score (nSPS) is 12.7. The molecule has 0 aliphatic heterocycles. The number of carboxylic acid groups (broad SMARTS) is 1. The van der Waals surface area contributed by atoms with Crippen LogP contribution in [0.3, 0.4) is 0 Å². The van der Waals surface area contributed by atoms with E-state index in [2.05, 4.69) is 20.7 Å². The maximum atomic E-state index is 12.0. The summed E-state index contributed by atoms with van der Waals surface area (Å²) in [7, 11) is -3.88. The third kappa shape index (κ3) is 3.51. The van der Waals surface area contributed by atoms with Crippen LogP contribution in [0, 0.1) is 0 Å². The Balaban J connectivity index is 3.17. The van der Waals surface area contributed by atoms with E-state index < -0.39 is 21.5 Å². The molecule has 0 bridgehead atoms. The van der Waals surface area contributed by atoms with Gasteiger partial charge in [0, 0.05) is 0 Å². The molecule has 0 amide bonds. The summed E-state index contributed by atoms with van der Waals surface area (Å²) in [6.45, 7) is 2.66. The smallest absolute Gasteiger partial charge is 0.345 e. The first-order chi connectivity index (χ1) is 8.09. The Morgan fingerprint density at radius 3 is 2.50 bits per heavy atom. The highest BCUT2D eigenvalue weighted by atomic mass is 79.9. The Morgan fingerprint density at radius 2 is 2.11 bits per heavy atom. The summed E-state index contributed by atoms with van der Waals surface area (Å²) in [4.78, 5) is 10.5. The van der Waals surface area contributed by atoms with E-state index in [0.717, 1.165) is 17.4 Å². The second kappa shape index (κ2) is 5.25. The zero-order valence-electron chi connectivity index (χ0n) is 9.60. The van der Waals surface area contributed by atoms with Crippen molar-refractivity contribution in [3.63, 3.8) is 0 Å². The minimum Gasteiger partial charge on any atom is -0.477 e. The van der Waals surface area contributed by atoms with Crippen molar-refractivity contribution in [2.24, 2.45) is 0 Å². The first-order valence-electron chi connectivity index (χ1n) is 4.76. The maximum Gasteiger partial charge on any atom is 0.345 e. The Hall–Kier alpha value is -0.480. The molecule has 0 unspecified atom stereocenters. The van der Waals surface area contributed by atoms with Gasteiger partial charge in [-0.15, -0.1) is 11.3 Å². The second-order valence-corrected chi connectivity index (χ2v) is 8.22. The lowest BCUT2D eigenvalue weighted by molar-refractivity contribution is 0.0702. The van der Waals surface area contributed by atoms with Crippen molar-refractivity contribution < 1.29 is 23.4 Å². The fraction of sp³-hybridized carbons (Fsp3) is 0.444. The molecule has 1 aromatic rings. The molecule has 0 saturated carbocycles. The van der Waals surface area contributed by atoms with Crippen molar-refractivity contribution in [3.05, 3.63) is 14.7 Å². The van der Waals surface area contributed by atoms with Crippen LogP contribution in [-0.2, 0) is 10.0 Å². The number of thiophene rings is 1. The number of carboxylic acids is 1. The number of nitrogens with one attached hydrogen (secondary N) is 1. The summed E-state index contributed by atoms with van der Waals surface area (Å²) in [6, 6.07) is 1.08. The molecule has 0 fully saturated rings. The number of hydrogen-bond donors (Lipinski definition) is 3. The molecular weight excluding hydrogens is 346 g/mol. The molecule has 0 atom stereocenters. The van der Waals surface area contributed by atoms with E-state index in [9.17, 15) is 13.2 Å². The molecule has 0 saturated heterocycles. The second-order valence-electron chi connectivity index (χ2n) is 4.20. The van der Waals surface area contributed by atoms with E-state index >= 15 is 0 Å². The first-order valence-corrected chi connectivity index (χ1v) is 7.86. The van der Waals surface area contributed by atoms with Crippen molar-refractivity contribution >= 4 is 43.3 Å². The molecule has 1 aromatic heterocycles. The van der Waals surface area contributed by atoms with Gasteiger partial charge in [0.2, 0.25) is 10.0 Å². The number of halogens is 1. The summed E-state index contributed by atoms with van der Waals surface area (Å²) in [5, 5.41) is 17.8. The summed E-state index contributed by atoms with van der Waals surface area (Å²) in [5.41, 5.74) is -1.02. The van der Waals surface area contributed by atoms with Crippen molar-refractivity contribution in [3.8, 4) is 0 Å². The lowest BCUT2D eigenvalue weighted by atomic mass is 10.1. The number of sulfonamides is 1. The van der Waals surface area contributed by atoms with Gasteiger partial charge in [-0.05, 0) is 35.8 Å². The first kappa shape index (κ1) is 15.6. The highest BCUT2D eigenvalue weighted by molar-refractivity contribution is 9.11. The quantitative estimate of drug-likeness (QED) is 0.735. The van der Waals surface area contributed by atoms with E-state index in [1.54, 1.807) is 0 Å². The SMILES string of the molecule is CC(C)(CO)NS(=O)(=O)c1cc(C(=O)O)sc1Br. The van der Waals surface area contributed by atoms with Gasteiger partial charge in [-0.1, -0.05) is 0 Å². The highest BCUT2D eigenvalue weighted by Crippen LogP contribution is 2.32. The van der Waals surface area contributed by atoms with Crippen LogP contribution in [0.4, 0.5) is 0 Å². The van der Waals surface area contributed by atoms with Crippen LogP contribution < -0.4 is 4.72 Å². The minimum atomic E-state index is -3.88. The summed E-state index contributed by atoms with van der Waals surface area (Å²) in [6.07, 6.45) is 0. The van der Waals surface area contributed by atoms with Crippen molar-refractivity contribution in [1.82, 2.24) is 4.72 Å². The molecule has 102 valence electrons. The zero-order valence-corrected chi connectivity index (χ0v) is 12.8. The van der Waals surface area contributed by atoms with Gasteiger partial charge in [0.15, 0.2) is 0 Å². The minimum absolute atomic E-state index is 0.0796. The molecule has 0 aliphatic rings. The molecule has 1 heterocycles. The van der Waals surface area contributed by atoms with E-state index in [-0.39, 0.29) is 20.2 Å². The van der Waals surface area contributed by atoms with E-state index in [1.165, 1.54) is 13.8 Å². The van der Waals surface area contributed by atoms with Crippen molar-refractivity contribution in [2.45, 2.75) is 24.3 Å². The number of hydrogen-bond acceptors (Lipinski definition) is 5. The summed E-state index contributed by atoms with van der Waals surface area (Å²) in [5.74, 6) is -1.19. The lowest BCUT2D eigenvalue weighted by Crippen LogP contribution is -2.46. The van der Waals surface area contributed by atoms with Crippen LogP contribution >= 0.6 is 27.3 Å². The molecule has 0 radical (unpaired) electrons. The maximum absolute atomic E-state index is 12.0. The predicted molar refractivity (Wildman–Crippen MR) is 70.5 cm³/mol. The van der Waals surface area contributed by atoms with Gasteiger partial charge in [-0.25, -0.2) is 17.9 Å². The van der Waals surface area contributed by atoms with Gasteiger partial charge < -0.3 is 10.2 Å². The number of carbonyl (C=O) groups is 1. The Kier molecular flexibility index (Phi) is 4.55. The van der Waals surface area contributed by atoms with Crippen LogP contribution in [0.2, 0.25) is 0 Å². The Bertz CT molecular complexity index is 564. The largest absolute Gasteiger partial charge is 0.477 e. The van der Waals surface area contributed by atoms with Gasteiger partial charge in [-0.2, -0.15) is 0 Å². The molecule has 1 rings (SSSR count). The third-order valence-corrected chi connectivity index (χ3v) is 5.90. The zero-order chi connectivity index (χ0) is 14.1. The lowest BCUT2D eigenvalue weighted by Gasteiger charge is -2.22. The van der Waals surface area contributed by atoms with Crippen LogP contribution in [0.5, 0.6) is 0 Å². The van der Waals surface area contributed by atoms with E-state index in [4.69, 9.17) is 10.2 Å². The van der Waals surface area contributed by atoms with Crippen LogP contribution in [0.25, 0.3) is 0 Å². The van der Waals surface area contributed by atoms with Gasteiger partial charge in [0.25, 0.3) is 0 Å². The van der Waals surface area contributed by atoms with Crippen molar-refractivity contribution in [1.29, 1.82) is 0 Å². The standard InChI is InChI=1S/C9H12BrNO5S2/c1-9(2,4-12)11-18(15,16)6-3-5(8(13)14)17-7(6)10/h3,11-12H,4H2,1-2H3,(H,13,14). The molecular formula is C9H12BrNO5S2. The Morgan fingerprint density at radius 1 is 1.56 bits per heavy atom. The van der Waals surface area contributed by atoms with E-state index in [0.29, 0.717) is 0 Å². The van der Waals surface area contributed by atoms with Gasteiger partial charge in [0.1, 0.15) is 9.77 Å². The summed E-state index contributed by atoms with van der Waals surface area (Å²) >= 11 is 3.84.